The third-order valence-corrected chi connectivity index (χ3v) is 5.25. The number of hydrogen-bond donors (Lipinski definition) is 0. The van der Waals surface area contributed by atoms with E-state index in [0.29, 0.717) is 11.3 Å². The van der Waals surface area contributed by atoms with Gasteiger partial charge in [0.1, 0.15) is 16.9 Å². The summed E-state index contributed by atoms with van der Waals surface area (Å²) in [6.07, 6.45) is 1.89. The first-order valence-electron chi connectivity index (χ1n) is 6.78. The third kappa shape index (κ3) is 3.46. The summed E-state index contributed by atoms with van der Waals surface area (Å²) in [5, 5.41) is 12.3. The highest BCUT2D eigenvalue weighted by Crippen LogP contribution is 2.34. The molecule has 112 valence electrons. The molecule has 1 aromatic carbocycles. The molecule has 0 saturated heterocycles. The summed E-state index contributed by atoms with van der Waals surface area (Å²) in [6, 6.07) is 12.1. The fraction of sp³-hybridized carbons (Fsp3) is 0.235. The van der Waals surface area contributed by atoms with Crippen LogP contribution < -0.4 is 0 Å². The number of carbonyl (C=O) groups excluding carboxylic acids is 1. The number of thioether (sulfide) groups is 1. The molecule has 1 aromatic heterocycles. The second kappa shape index (κ2) is 7.39. The summed E-state index contributed by atoms with van der Waals surface area (Å²) in [4.78, 5) is 17.0. The van der Waals surface area contributed by atoms with Gasteiger partial charge in [-0.25, -0.2) is 4.98 Å². The Morgan fingerprint density at radius 3 is 2.59 bits per heavy atom. The van der Waals surface area contributed by atoms with Crippen molar-refractivity contribution in [2.45, 2.75) is 13.8 Å². The molecule has 0 aliphatic heterocycles. The Labute approximate surface area is 138 Å². The Kier molecular flexibility index (Phi) is 5.53. The van der Waals surface area contributed by atoms with Crippen LogP contribution in [0.2, 0.25) is 0 Å². The molecule has 0 spiro atoms. The van der Waals surface area contributed by atoms with Crippen LogP contribution in [0.5, 0.6) is 0 Å². The number of nitriles is 1. The maximum atomic E-state index is 11.6. The molecule has 0 N–H and O–H groups in total. The molecule has 0 aliphatic carbocycles. The predicted molar refractivity (Wildman–Crippen MR) is 93.4 cm³/mol. The average molecular weight is 328 g/mol. The molecule has 0 saturated carbocycles. The average Bonchev–Trinajstić information content (AvgIpc) is 3.02. The van der Waals surface area contributed by atoms with Crippen molar-refractivity contribution in [3.8, 4) is 16.6 Å². The number of Topliss-reactive ketones (excluding diaryl/α,β-unsaturated/α-hetero) is 1. The Morgan fingerprint density at radius 2 is 2.05 bits per heavy atom. The van der Waals surface area contributed by atoms with Crippen molar-refractivity contribution in [3.05, 3.63) is 46.3 Å². The molecule has 22 heavy (non-hydrogen) atoms. The summed E-state index contributed by atoms with van der Waals surface area (Å²) in [5.74, 6) is -0.234. The van der Waals surface area contributed by atoms with Crippen molar-refractivity contribution in [1.29, 1.82) is 5.26 Å². The lowest BCUT2D eigenvalue weighted by atomic mass is 10.0. The molecule has 0 radical (unpaired) electrons. The Hall–Kier alpha value is -1.90. The molecule has 2 aromatic rings. The van der Waals surface area contributed by atoms with Crippen LogP contribution in [0, 0.1) is 17.2 Å². The van der Waals surface area contributed by atoms with E-state index in [0.717, 1.165) is 15.5 Å². The summed E-state index contributed by atoms with van der Waals surface area (Å²) >= 11 is 2.94. The minimum Gasteiger partial charge on any atom is -0.299 e. The van der Waals surface area contributed by atoms with Gasteiger partial charge in [-0.3, -0.25) is 4.79 Å². The molecular formula is C17H16N2OS2. The first-order valence-corrected chi connectivity index (χ1v) is 8.89. The van der Waals surface area contributed by atoms with Crippen molar-refractivity contribution in [3.63, 3.8) is 0 Å². The Morgan fingerprint density at radius 1 is 1.36 bits per heavy atom. The van der Waals surface area contributed by atoms with Gasteiger partial charge in [0.25, 0.3) is 0 Å². The standard InChI is InChI=1S/C17H16N2OS2/c1-11(12(2)20)16(21-3)14(9-18)15-10-22-17(19-15)13-7-5-4-6-8-13/h4-8,10-11H,1-3H3/b16-14+. The van der Waals surface area contributed by atoms with Crippen molar-refractivity contribution in [2.75, 3.05) is 6.26 Å². The summed E-state index contributed by atoms with van der Waals surface area (Å²) in [6.45, 7) is 3.38. The zero-order valence-electron chi connectivity index (χ0n) is 12.7. The second-order valence-electron chi connectivity index (χ2n) is 4.79. The number of aromatic nitrogens is 1. The molecule has 0 aliphatic rings. The van der Waals surface area contributed by atoms with Crippen molar-refractivity contribution in [2.24, 2.45) is 5.92 Å². The predicted octanol–water partition coefficient (Wildman–Crippen LogP) is 4.63. The maximum Gasteiger partial charge on any atom is 0.137 e. The number of benzene rings is 1. The monoisotopic (exact) mass is 328 g/mol. The van der Waals surface area contributed by atoms with E-state index in [-0.39, 0.29) is 11.7 Å². The van der Waals surface area contributed by atoms with Crippen LogP contribution in [0.15, 0.2) is 40.6 Å². The molecule has 2 rings (SSSR count). The van der Waals surface area contributed by atoms with Gasteiger partial charge in [-0.05, 0) is 13.2 Å². The Balaban J connectivity index is 2.47. The van der Waals surface area contributed by atoms with Gasteiger partial charge in [-0.1, -0.05) is 37.3 Å². The van der Waals surface area contributed by atoms with Gasteiger partial charge in [-0.15, -0.1) is 23.1 Å². The van der Waals surface area contributed by atoms with Gasteiger partial charge in [0.2, 0.25) is 0 Å². The SMILES string of the molecule is CS/C(=C(\C#N)c1csc(-c2ccccc2)n1)C(C)C(C)=O. The van der Waals surface area contributed by atoms with Crippen LogP contribution in [0.1, 0.15) is 19.5 Å². The summed E-state index contributed by atoms with van der Waals surface area (Å²) in [7, 11) is 0. The normalized spacial score (nSPS) is 13.2. The molecule has 0 fully saturated rings. The third-order valence-electron chi connectivity index (χ3n) is 3.36. The number of hydrogen-bond acceptors (Lipinski definition) is 5. The highest BCUT2D eigenvalue weighted by molar-refractivity contribution is 8.02. The molecule has 0 bridgehead atoms. The van der Waals surface area contributed by atoms with E-state index in [2.05, 4.69) is 11.1 Å². The van der Waals surface area contributed by atoms with Gasteiger partial charge >= 0.3 is 0 Å². The van der Waals surface area contributed by atoms with E-state index in [1.54, 1.807) is 6.92 Å². The van der Waals surface area contributed by atoms with Gasteiger partial charge in [0.15, 0.2) is 0 Å². The van der Waals surface area contributed by atoms with E-state index in [4.69, 9.17) is 0 Å². The van der Waals surface area contributed by atoms with Crippen LogP contribution >= 0.6 is 23.1 Å². The highest BCUT2D eigenvalue weighted by atomic mass is 32.2. The topological polar surface area (TPSA) is 53.8 Å². The lowest BCUT2D eigenvalue weighted by molar-refractivity contribution is -0.119. The number of carbonyl (C=O) groups is 1. The number of nitrogens with zero attached hydrogens (tertiary/aromatic N) is 2. The number of rotatable bonds is 5. The second-order valence-corrected chi connectivity index (χ2v) is 6.50. The maximum absolute atomic E-state index is 11.6. The fourth-order valence-electron chi connectivity index (χ4n) is 2.02. The van der Waals surface area contributed by atoms with Crippen LogP contribution in [0.3, 0.4) is 0 Å². The summed E-state index contributed by atoms with van der Waals surface area (Å²) < 4.78 is 0. The van der Waals surface area contributed by atoms with Gasteiger partial charge < -0.3 is 0 Å². The lowest BCUT2D eigenvalue weighted by Crippen LogP contribution is -2.09. The first kappa shape index (κ1) is 16.5. The van der Waals surface area contributed by atoms with Gasteiger partial charge in [0, 0.05) is 21.8 Å². The highest BCUT2D eigenvalue weighted by Gasteiger charge is 2.20. The molecule has 5 heteroatoms. The van der Waals surface area contributed by atoms with Crippen molar-refractivity contribution < 1.29 is 4.79 Å². The molecule has 3 nitrogen and oxygen atoms in total. The lowest BCUT2D eigenvalue weighted by Gasteiger charge is -2.12. The molecule has 0 amide bonds. The molecule has 1 atom stereocenters. The van der Waals surface area contributed by atoms with E-state index in [1.807, 2.05) is 48.9 Å². The number of thiazole rings is 1. The van der Waals surface area contributed by atoms with E-state index < -0.39 is 0 Å². The Bertz CT molecular complexity index is 742. The van der Waals surface area contributed by atoms with E-state index >= 15 is 0 Å². The van der Waals surface area contributed by atoms with Gasteiger partial charge in [0.05, 0.1) is 11.3 Å². The first-order chi connectivity index (χ1) is 10.6. The van der Waals surface area contributed by atoms with Crippen molar-refractivity contribution in [1.82, 2.24) is 4.98 Å². The van der Waals surface area contributed by atoms with Crippen LogP contribution in [0.4, 0.5) is 0 Å². The van der Waals surface area contributed by atoms with Crippen LogP contribution in [0.25, 0.3) is 16.1 Å². The molecule has 1 heterocycles. The van der Waals surface area contributed by atoms with Crippen LogP contribution in [-0.2, 0) is 4.79 Å². The fourth-order valence-corrected chi connectivity index (χ4v) is 3.71. The largest absolute Gasteiger partial charge is 0.299 e. The number of allylic oxidation sites excluding steroid dienone is 2. The minimum absolute atomic E-state index is 0.0515. The molecule has 1 unspecified atom stereocenters. The zero-order chi connectivity index (χ0) is 16.1. The van der Waals surface area contributed by atoms with E-state index in [9.17, 15) is 10.1 Å². The van der Waals surface area contributed by atoms with Crippen LogP contribution in [-0.4, -0.2) is 17.0 Å². The zero-order valence-corrected chi connectivity index (χ0v) is 14.3. The van der Waals surface area contributed by atoms with E-state index in [1.165, 1.54) is 23.1 Å². The van der Waals surface area contributed by atoms with Gasteiger partial charge in [-0.2, -0.15) is 5.26 Å². The summed E-state index contributed by atoms with van der Waals surface area (Å²) in [5.41, 5.74) is 2.17. The smallest absolute Gasteiger partial charge is 0.137 e. The minimum atomic E-state index is -0.286. The van der Waals surface area contributed by atoms with Crippen molar-refractivity contribution >= 4 is 34.5 Å². The quantitative estimate of drug-likeness (QED) is 0.751. The number of ketones is 1. The molecular weight excluding hydrogens is 312 g/mol.